The van der Waals surface area contributed by atoms with Gasteiger partial charge in [0.15, 0.2) is 0 Å². The molecule has 0 aromatic carbocycles. The molecule has 0 saturated carbocycles. The van der Waals surface area contributed by atoms with E-state index in [4.69, 9.17) is 11.5 Å². The summed E-state index contributed by atoms with van der Waals surface area (Å²) in [6.45, 7) is 5.97. The van der Waals surface area contributed by atoms with Crippen LogP contribution in [0, 0.1) is 5.41 Å². The van der Waals surface area contributed by atoms with Crippen LogP contribution in [-0.2, 0) is 0 Å². The van der Waals surface area contributed by atoms with E-state index in [9.17, 15) is 0 Å². The van der Waals surface area contributed by atoms with Crippen molar-refractivity contribution in [2.45, 2.75) is 26.6 Å². The highest BCUT2D eigenvalue weighted by Crippen LogP contribution is 2.20. The van der Waals surface area contributed by atoms with E-state index < -0.39 is 5.79 Å². The molecule has 0 bridgehead atoms. The van der Waals surface area contributed by atoms with Crippen molar-refractivity contribution in [3.63, 3.8) is 0 Å². The van der Waals surface area contributed by atoms with Crippen molar-refractivity contribution in [2.24, 2.45) is 16.9 Å². The summed E-state index contributed by atoms with van der Waals surface area (Å²) < 4.78 is 0. The van der Waals surface area contributed by atoms with Crippen LogP contribution >= 0.6 is 0 Å². The molecule has 0 fully saturated rings. The van der Waals surface area contributed by atoms with Gasteiger partial charge in [-0.25, -0.2) is 0 Å². The predicted molar refractivity (Wildman–Crippen MR) is 39.6 cm³/mol. The molecule has 0 saturated heterocycles. The lowest BCUT2D eigenvalue weighted by Crippen LogP contribution is -2.67. The normalized spacial score (nSPS) is 14.0. The largest absolute Gasteiger partial charge is 0.301 e. The molecule has 0 aliphatic carbocycles. The van der Waals surface area contributed by atoms with E-state index in [-0.39, 0.29) is 5.41 Å². The highest BCUT2D eigenvalue weighted by atomic mass is 15.2. The van der Waals surface area contributed by atoms with E-state index in [1.54, 1.807) is 7.05 Å². The summed E-state index contributed by atoms with van der Waals surface area (Å²) in [5.74, 6) is -0.771. The number of nitrogens with two attached hydrogens (primary N) is 2. The van der Waals surface area contributed by atoms with Crippen LogP contribution in [0.5, 0.6) is 0 Å². The van der Waals surface area contributed by atoms with E-state index >= 15 is 0 Å². The molecule has 3 heteroatoms. The highest BCUT2D eigenvalue weighted by Gasteiger charge is 2.32. The zero-order chi connectivity index (χ0) is 7.71. The first-order valence-corrected chi connectivity index (χ1v) is 3.08. The first-order chi connectivity index (χ1) is 3.81. The van der Waals surface area contributed by atoms with E-state index in [0.717, 1.165) is 0 Å². The van der Waals surface area contributed by atoms with Gasteiger partial charge in [-0.15, -0.1) is 0 Å². The summed E-state index contributed by atoms with van der Waals surface area (Å²) >= 11 is 0. The standard InChI is InChI=1S/C6H17N3/c1-5(2,3)6(7,8)9-4/h9H,7-8H2,1-4H3. The summed E-state index contributed by atoms with van der Waals surface area (Å²) in [6, 6.07) is 0. The van der Waals surface area contributed by atoms with E-state index in [2.05, 4.69) is 5.32 Å². The minimum Gasteiger partial charge on any atom is -0.301 e. The lowest BCUT2D eigenvalue weighted by atomic mass is 9.88. The van der Waals surface area contributed by atoms with Crippen LogP contribution in [0.2, 0.25) is 0 Å². The van der Waals surface area contributed by atoms with Crippen molar-refractivity contribution in [1.82, 2.24) is 5.32 Å². The Hall–Kier alpha value is -0.120. The van der Waals surface area contributed by atoms with Gasteiger partial charge in [0.1, 0.15) is 5.79 Å². The molecule has 0 atom stereocenters. The van der Waals surface area contributed by atoms with Crippen molar-refractivity contribution in [2.75, 3.05) is 7.05 Å². The van der Waals surface area contributed by atoms with Crippen molar-refractivity contribution in [1.29, 1.82) is 0 Å². The molecule has 5 N–H and O–H groups in total. The summed E-state index contributed by atoms with van der Waals surface area (Å²) in [5, 5.41) is 2.84. The number of rotatable bonds is 1. The van der Waals surface area contributed by atoms with Crippen molar-refractivity contribution in [3.8, 4) is 0 Å². The smallest absolute Gasteiger partial charge is 0.123 e. The zero-order valence-electron chi connectivity index (χ0n) is 6.65. The van der Waals surface area contributed by atoms with Crippen LogP contribution in [0.15, 0.2) is 0 Å². The molecule has 0 aromatic heterocycles. The van der Waals surface area contributed by atoms with Crippen LogP contribution in [0.4, 0.5) is 0 Å². The second-order valence-corrected chi connectivity index (χ2v) is 3.37. The fourth-order valence-corrected chi connectivity index (χ4v) is 0.375. The molecule has 0 rings (SSSR count). The Balaban J connectivity index is 4.14. The van der Waals surface area contributed by atoms with Gasteiger partial charge in [0, 0.05) is 5.41 Å². The van der Waals surface area contributed by atoms with Gasteiger partial charge < -0.3 is 11.5 Å². The van der Waals surface area contributed by atoms with Gasteiger partial charge in [-0.05, 0) is 7.05 Å². The predicted octanol–water partition coefficient (Wildman–Crippen LogP) is -0.177. The SMILES string of the molecule is CNC(N)(N)C(C)(C)C. The number of hydrogen-bond donors (Lipinski definition) is 3. The first-order valence-electron chi connectivity index (χ1n) is 3.08. The number of hydrogen-bond acceptors (Lipinski definition) is 3. The van der Waals surface area contributed by atoms with Gasteiger partial charge in [0.05, 0.1) is 0 Å². The van der Waals surface area contributed by atoms with Crippen LogP contribution in [0.25, 0.3) is 0 Å². The molecular formula is C6H17N3. The van der Waals surface area contributed by atoms with Gasteiger partial charge in [0.25, 0.3) is 0 Å². The van der Waals surface area contributed by atoms with Gasteiger partial charge in [-0.3, -0.25) is 5.32 Å². The maximum Gasteiger partial charge on any atom is 0.123 e. The fourth-order valence-electron chi connectivity index (χ4n) is 0.375. The van der Waals surface area contributed by atoms with E-state index in [1.807, 2.05) is 20.8 Å². The molecule has 0 heterocycles. The highest BCUT2D eigenvalue weighted by molar-refractivity contribution is 4.85. The van der Waals surface area contributed by atoms with Gasteiger partial charge in [0.2, 0.25) is 0 Å². The lowest BCUT2D eigenvalue weighted by Gasteiger charge is -2.37. The Morgan fingerprint density at radius 1 is 1.11 bits per heavy atom. The van der Waals surface area contributed by atoms with E-state index in [0.29, 0.717) is 0 Å². The van der Waals surface area contributed by atoms with Gasteiger partial charge >= 0.3 is 0 Å². The van der Waals surface area contributed by atoms with Crippen molar-refractivity contribution < 1.29 is 0 Å². The molecule has 0 aliphatic heterocycles. The van der Waals surface area contributed by atoms with Crippen molar-refractivity contribution >= 4 is 0 Å². The Bertz CT molecular complexity index is 91.0. The minimum absolute atomic E-state index is 0.109. The van der Waals surface area contributed by atoms with Crippen LogP contribution in [-0.4, -0.2) is 12.8 Å². The Kier molecular flexibility index (Phi) is 2.22. The molecule has 56 valence electrons. The third-order valence-corrected chi connectivity index (χ3v) is 1.65. The summed E-state index contributed by atoms with van der Waals surface area (Å²) in [6.07, 6.45) is 0. The Morgan fingerprint density at radius 3 is 1.44 bits per heavy atom. The van der Waals surface area contributed by atoms with E-state index in [1.165, 1.54) is 0 Å². The molecule has 0 aromatic rings. The lowest BCUT2D eigenvalue weighted by molar-refractivity contribution is 0.161. The average molecular weight is 131 g/mol. The summed E-state index contributed by atoms with van der Waals surface area (Å²) in [7, 11) is 1.76. The molecular weight excluding hydrogens is 114 g/mol. The van der Waals surface area contributed by atoms with Crippen LogP contribution in [0.3, 0.4) is 0 Å². The third kappa shape index (κ3) is 1.93. The quantitative estimate of drug-likeness (QED) is 0.433. The third-order valence-electron chi connectivity index (χ3n) is 1.65. The molecule has 0 aliphatic rings. The van der Waals surface area contributed by atoms with Crippen LogP contribution < -0.4 is 16.8 Å². The second kappa shape index (κ2) is 2.25. The first kappa shape index (κ1) is 8.88. The Labute approximate surface area is 56.8 Å². The van der Waals surface area contributed by atoms with Crippen molar-refractivity contribution in [3.05, 3.63) is 0 Å². The monoisotopic (exact) mass is 131 g/mol. The van der Waals surface area contributed by atoms with Crippen LogP contribution in [0.1, 0.15) is 20.8 Å². The molecule has 0 unspecified atom stereocenters. The second-order valence-electron chi connectivity index (χ2n) is 3.37. The molecule has 0 radical (unpaired) electrons. The summed E-state index contributed by atoms with van der Waals surface area (Å²) in [5.41, 5.74) is 11.2. The maximum atomic E-state index is 5.66. The zero-order valence-corrected chi connectivity index (χ0v) is 6.65. The summed E-state index contributed by atoms with van der Waals surface area (Å²) in [4.78, 5) is 0. The maximum absolute atomic E-state index is 5.66. The molecule has 0 amide bonds. The molecule has 9 heavy (non-hydrogen) atoms. The fraction of sp³-hybridized carbons (Fsp3) is 1.00. The number of nitrogens with one attached hydrogen (secondary N) is 1. The average Bonchev–Trinajstić information content (AvgIpc) is 1.64. The van der Waals surface area contributed by atoms with Gasteiger partial charge in [-0.1, -0.05) is 20.8 Å². The Morgan fingerprint density at radius 2 is 1.44 bits per heavy atom. The minimum atomic E-state index is -0.771. The topological polar surface area (TPSA) is 64.1 Å². The van der Waals surface area contributed by atoms with Gasteiger partial charge in [-0.2, -0.15) is 0 Å². The molecule has 3 nitrogen and oxygen atoms in total. The molecule has 0 spiro atoms.